The first kappa shape index (κ1) is 16.3. The van der Waals surface area contributed by atoms with E-state index in [0.717, 1.165) is 11.6 Å². The van der Waals surface area contributed by atoms with Crippen molar-refractivity contribution in [2.45, 2.75) is 24.3 Å². The molecule has 0 aliphatic carbocycles. The number of nitrogens with zero attached hydrogens (tertiary/aromatic N) is 1. The smallest absolute Gasteiger partial charge is 0.335 e. The third-order valence-electron chi connectivity index (χ3n) is 4.09. The molecule has 24 heavy (non-hydrogen) atoms. The third-order valence-corrected chi connectivity index (χ3v) is 6.04. The fourth-order valence-corrected chi connectivity index (χ4v) is 4.90. The van der Waals surface area contributed by atoms with Gasteiger partial charge in [0, 0.05) is 6.04 Å². The average molecular weight is 347 g/mol. The summed E-state index contributed by atoms with van der Waals surface area (Å²) in [6.07, 6.45) is 0.607. The SMILES string of the molecule is COc1ccc(C(=O)O)cc1S(=O)(=O)N1c2ccccc2C[C@H]1C. The minimum Gasteiger partial charge on any atom is -0.495 e. The summed E-state index contributed by atoms with van der Waals surface area (Å²) in [4.78, 5) is 11.1. The summed E-state index contributed by atoms with van der Waals surface area (Å²) in [6, 6.07) is 10.9. The molecule has 0 fully saturated rings. The minimum atomic E-state index is -3.96. The fourth-order valence-electron chi connectivity index (χ4n) is 3.02. The first-order valence-electron chi connectivity index (χ1n) is 7.40. The molecule has 1 N–H and O–H groups in total. The van der Waals surface area contributed by atoms with Crippen molar-refractivity contribution in [1.82, 2.24) is 0 Å². The minimum absolute atomic E-state index is 0.102. The molecule has 1 aliphatic rings. The molecule has 3 rings (SSSR count). The number of methoxy groups -OCH3 is 1. The molecular weight excluding hydrogens is 330 g/mol. The standard InChI is InChI=1S/C17H17NO5S/c1-11-9-12-5-3-4-6-14(12)18(11)24(21,22)16-10-13(17(19)20)7-8-15(16)23-2/h3-8,10-11H,9H2,1-2H3,(H,19,20)/t11-/m1/s1. The highest BCUT2D eigenvalue weighted by atomic mass is 32.2. The molecule has 7 heteroatoms. The summed E-state index contributed by atoms with van der Waals surface area (Å²) >= 11 is 0. The molecule has 0 saturated carbocycles. The number of carboxylic acid groups (broad SMARTS) is 1. The van der Waals surface area contributed by atoms with Crippen LogP contribution in [0.3, 0.4) is 0 Å². The van der Waals surface area contributed by atoms with Gasteiger partial charge in [-0.2, -0.15) is 0 Å². The third kappa shape index (κ3) is 2.50. The number of sulfonamides is 1. The van der Waals surface area contributed by atoms with E-state index in [1.54, 1.807) is 12.1 Å². The number of anilines is 1. The highest BCUT2D eigenvalue weighted by Gasteiger charge is 2.37. The largest absolute Gasteiger partial charge is 0.495 e. The lowest BCUT2D eigenvalue weighted by molar-refractivity contribution is 0.0696. The van der Waals surface area contributed by atoms with E-state index in [1.165, 1.54) is 23.5 Å². The summed E-state index contributed by atoms with van der Waals surface area (Å²) in [7, 11) is -2.60. The van der Waals surface area contributed by atoms with Crippen LogP contribution < -0.4 is 9.04 Å². The number of hydrogen-bond donors (Lipinski definition) is 1. The van der Waals surface area contributed by atoms with Gasteiger partial charge >= 0.3 is 5.97 Å². The monoisotopic (exact) mass is 347 g/mol. The van der Waals surface area contributed by atoms with Gasteiger partial charge in [0.2, 0.25) is 0 Å². The zero-order valence-electron chi connectivity index (χ0n) is 13.3. The van der Waals surface area contributed by atoms with Crippen LogP contribution >= 0.6 is 0 Å². The second-order valence-electron chi connectivity index (χ2n) is 5.65. The zero-order valence-corrected chi connectivity index (χ0v) is 14.1. The molecule has 0 amide bonds. The normalized spacial score (nSPS) is 16.8. The maximum Gasteiger partial charge on any atom is 0.335 e. The van der Waals surface area contributed by atoms with E-state index >= 15 is 0 Å². The molecular formula is C17H17NO5S. The van der Waals surface area contributed by atoms with E-state index in [-0.39, 0.29) is 22.3 Å². The molecule has 1 aliphatic heterocycles. The van der Waals surface area contributed by atoms with Gasteiger partial charge in [-0.05, 0) is 43.2 Å². The summed E-state index contributed by atoms with van der Waals surface area (Å²) in [5, 5.41) is 9.16. The maximum absolute atomic E-state index is 13.2. The van der Waals surface area contributed by atoms with E-state index in [1.807, 2.05) is 19.1 Å². The number of para-hydroxylation sites is 1. The van der Waals surface area contributed by atoms with Gasteiger partial charge in [0.15, 0.2) is 0 Å². The number of carbonyl (C=O) groups is 1. The summed E-state index contributed by atoms with van der Waals surface area (Å²) in [5.41, 5.74) is 1.46. The van der Waals surface area contributed by atoms with Crippen molar-refractivity contribution < 1.29 is 23.1 Å². The fraction of sp³-hybridized carbons (Fsp3) is 0.235. The second kappa shape index (κ2) is 5.83. The molecule has 0 radical (unpaired) electrons. The number of benzene rings is 2. The highest BCUT2D eigenvalue weighted by molar-refractivity contribution is 7.93. The first-order chi connectivity index (χ1) is 11.4. The Kier molecular flexibility index (Phi) is 3.96. The van der Waals surface area contributed by atoms with Gasteiger partial charge in [-0.1, -0.05) is 18.2 Å². The van der Waals surface area contributed by atoms with Crippen molar-refractivity contribution >= 4 is 21.7 Å². The topological polar surface area (TPSA) is 83.9 Å². The molecule has 0 aromatic heterocycles. The summed E-state index contributed by atoms with van der Waals surface area (Å²) in [6.45, 7) is 1.82. The van der Waals surface area contributed by atoms with E-state index in [9.17, 15) is 13.2 Å². The van der Waals surface area contributed by atoms with Gasteiger partial charge in [-0.15, -0.1) is 0 Å². The molecule has 2 aromatic rings. The van der Waals surface area contributed by atoms with Gasteiger partial charge in [-0.25, -0.2) is 13.2 Å². The quantitative estimate of drug-likeness (QED) is 0.919. The molecule has 2 aromatic carbocycles. The molecule has 0 unspecified atom stereocenters. The van der Waals surface area contributed by atoms with E-state index < -0.39 is 16.0 Å². The number of ether oxygens (including phenoxy) is 1. The van der Waals surface area contributed by atoms with Crippen LogP contribution in [0.15, 0.2) is 47.4 Å². The predicted octanol–water partition coefficient (Wildman–Crippen LogP) is 2.53. The number of carboxylic acids is 1. The molecule has 1 atom stereocenters. The predicted molar refractivity (Wildman–Crippen MR) is 89.2 cm³/mol. The number of hydrogen-bond acceptors (Lipinski definition) is 4. The van der Waals surface area contributed by atoms with Crippen molar-refractivity contribution in [3.8, 4) is 5.75 Å². The Balaban J connectivity index is 2.18. The zero-order chi connectivity index (χ0) is 17.5. The van der Waals surface area contributed by atoms with Crippen molar-refractivity contribution in [1.29, 1.82) is 0 Å². The van der Waals surface area contributed by atoms with E-state index in [0.29, 0.717) is 12.1 Å². The van der Waals surface area contributed by atoms with Crippen LogP contribution in [0, 0.1) is 0 Å². The lowest BCUT2D eigenvalue weighted by atomic mass is 10.1. The van der Waals surface area contributed by atoms with Crippen LogP contribution in [0.5, 0.6) is 5.75 Å². The van der Waals surface area contributed by atoms with Gasteiger partial charge in [0.1, 0.15) is 10.6 Å². The molecule has 126 valence electrons. The Morgan fingerprint density at radius 1 is 1.25 bits per heavy atom. The molecule has 0 spiro atoms. The number of rotatable bonds is 4. The number of aromatic carboxylic acids is 1. The van der Waals surface area contributed by atoms with Gasteiger partial charge in [0.25, 0.3) is 10.0 Å². The Morgan fingerprint density at radius 3 is 2.62 bits per heavy atom. The van der Waals surface area contributed by atoms with Gasteiger partial charge in [-0.3, -0.25) is 4.31 Å². The highest BCUT2D eigenvalue weighted by Crippen LogP contribution is 2.38. The Labute approximate surface area is 140 Å². The van der Waals surface area contributed by atoms with Crippen LogP contribution in [0.4, 0.5) is 5.69 Å². The van der Waals surface area contributed by atoms with Crippen molar-refractivity contribution in [3.63, 3.8) is 0 Å². The lowest BCUT2D eigenvalue weighted by Crippen LogP contribution is -2.36. The second-order valence-corrected chi connectivity index (χ2v) is 7.44. The Hall–Kier alpha value is -2.54. The average Bonchev–Trinajstić information content (AvgIpc) is 2.90. The molecule has 0 saturated heterocycles. The van der Waals surface area contributed by atoms with Crippen LogP contribution in [0.2, 0.25) is 0 Å². The first-order valence-corrected chi connectivity index (χ1v) is 8.84. The van der Waals surface area contributed by atoms with E-state index in [2.05, 4.69) is 0 Å². The van der Waals surface area contributed by atoms with Gasteiger partial charge < -0.3 is 9.84 Å². The van der Waals surface area contributed by atoms with Gasteiger partial charge in [0.05, 0.1) is 18.4 Å². The lowest BCUT2D eigenvalue weighted by Gasteiger charge is -2.25. The van der Waals surface area contributed by atoms with Crippen LogP contribution in [-0.2, 0) is 16.4 Å². The van der Waals surface area contributed by atoms with Crippen LogP contribution in [0.25, 0.3) is 0 Å². The molecule has 0 bridgehead atoms. The maximum atomic E-state index is 13.2. The van der Waals surface area contributed by atoms with Crippen molar-refractivity contribution in [2.24, 2.45) is 0 Å². The van der Waals surface area contributed by atoms with Crippen molar-refractivity contribution in [2.75, 3.05) is 11.4 Å². The van der Waals surface area contributed by atoms with E-state index in [4.69, 9.17) is 9.84 Å². The van der Waals surface area contributed by atoms with Crippen LogP contribution in [0.1, 0.15) is 22.8 Å². The van der Waals surface area contributed by atoms with Crippen molar-refractivity contribution in [3.05, 3.63) is 53.6 Å². The summed E-state index contributed by atoms with van der Waals surface area (Å²) in [5.74, 6) is -1.07. The molecule has 6 nitrogen and oxygen atoms in total. The Morgan fingerprint density at radius 2 is 1.96 bits per heavy atom. The number of fused-ring (bicyclic) bond motifs is 1. The van der Waals surface area contributed by atoms with Crippen LogP contribution in [-0.4, -0.2) is 32.6 Å². The Bertz CT molecular complexity index is 907. The molecule has 1 heterocycles. The summed E-state index contributed by atoms with van der Waals surface area (Å²) < 4.78 is 32.9.